The minimum absolute atomic E-state index is 0.0714. The lowest BCUT2D eigenvalue weighted by molar-refractivity contribution is -0.00728. The Morgan fingerprint density at radius 1 is 1.33 bits per heavy atom. The van der Waals surface area contributed by atoms with Gasteiger partial charge in [0.05, 0.1) is 17.5 Å². The molecule has 1 saturated heterocycles. The lowest BCUT2D eigenvalue weighted by atomic mass is 9.89. The van der Waals surface area contributed by atoms with Crippen LogP contribution in [0.3, 0.4) is 0 Å². The first-order valence-electron chi connectivity index (χ1n) is 5.40. The Bertz CT molecular complexity index is 367. The van der Waals surface area contributed by atoms with Crippen molar-refractivity contribution in [2.75, 3.05) is 13.2 Å². The molecule has 0 aliphatic carbocycles. The van der Waals surface area contributed by atoms with E-state index in [0.717, 1.165) is 13.2 Å². The normalized spacial score (nSPS) is 19.0. The Morgan fingerprint density at radius 3 is 2.47 bits per heavy atom. The summed E-state index contributed by atoms with van der Waals surface area (Å²) in [5.74, 6) is 0.585. The number of alkyl halides is 1. The van der Waals surface area contributed by atoms with Gasteiger partial charge in [-0.05, 0) is 29.5 Å². The molecule has 0 aromatic heterocycles. The van der Waals surface area contributed by atoms with Crippen molar-refractivity contribution in [3.63, 3.8) is 0 Å². The van der Waals surface area contributed by atoms with Crippen LogP contribution in [0, 0.1) is 6.92 Å². The molecule has 0 unspecified atom stereocenters. The standard InChI is InChI=1S/C13H17BrO/c1-9(2)11-5-4-10(3)12(6-11)13(14)7-15-8-13/h4-6,9H,7-8H2,1-3H3. The van der Waals surface area contributed by atoms with Gasteiger partial charge >= 0.3 is 0 Å². The van der Waals surface area contributed by atoms with E-state index in [1.807, 2.05) is 0 Å². The maximum Gasteiger partial charge on any atom is 0.0974 e. The van der Waals surface area contributed by atoms with E-state index in [1.54, 1.807) is 0 Å². The molecule has 1 aromatic carbocycles. The molecule has 0 saturated carbocycles. The van der Waals surface area contributed by atoms with Crippen molar-refractivity contribution in [1.29, 1.82) is 0 Å². The maximum absolute atomic E-state index is 5.30. The Labute approximate surface area is 100.0 Å². The molecular weight excluding hydrogens is 252 g/mol. The van der Waals surface area contributed by atoms with E-state index in [4.69, 9.17) is 4.74 Å². The molecule has 82 valence electrons. The fourth-order valence-electron chi connectivity index (χ4n) is 1.92. The largest absolute Gasteiger partial charge is 0.378 e. The summed E-state index contributed by atoms with van der Waals surface area (Å²) in [7, 11) is 0. The summed E-state index contributed by atoms with van der Waals surface area (Å²) in [6, 6.07) is 6.75. The third-order valence-corrected chi connectivity index (χ3v) is 3.96. The lowest BCUT2D eigenvalue weighted by Gasteiger charge is -2.38. The van der Waals surface area contributed by atoms with E-state index in [0.29, 0.717) is 5.92 Å². The lowest BCUT2D eigenvalue weighted by Crippen LogP contribution is -2.41. The quantitative estimate of drug-likeness (QED) is 0.743. The first-order chi connectivity index (χ1) is 7.03. The van der Waals surface area contributed by atoms with Gasteiger partial charge < -0.3 is 4.74 Å². The van der Waals surface area contributed by atoms with Gasteiger partial charge in [0.15, 0.2) is 0 Å². The zero-order chi connectivity index (χ0) is 11.1. The van der Waals surface area contributed by atoms with E-state index >= 15 is 0 Å². The van der Waals surface area contributed by atoms with Gasteiger partial charge in [-0.1, -0.05) is 48.0 Å². The molecule has 1 aliphatic rings. The van der Waals surface area contributed by atoms with Crippen molar-refractivity contribution in [3.8, 4) is 0 Å². The molecule has 1 heterocycles. The minimum Gasteiger partial charge on any atom is -0.378 e. The summed E-state index contributed by atoms with van der Waals surface area (Å²) in [4.78, 5) is 0. The highest BCUT2D eigenvalue weighted by Crippen LogP contribution is 2.41. The molecule has 1 aromatic rings. The molecule has 1 nitrogen and oxygen atoms in total. The average molecular weight is 269 g/mol. The Morgan fingerprint density at radius 2 is 2.00 bits per heavy atom. The van der Waals surface area contributed by atoms with Crippen LogP contribution in [0.25, 0.3) is 0 Å². The Balaban J connectivity index is 2.41. The zero-order valence-corrected chi connectivity index (χ0v) is 11.1. The molecule has 0 radical (unpaired) electrons. The van der Waals surface area contributed by atoms with Gasteiger partial charge in [-0.25, -0.2) is 0 Å². The summed E-state index contributed by atoms with van der Waals surface area (Å²) in [5, 5.41) is 0. The van der Waals surface area contributed by atoms with E-state index in [2.05, 4.69) is 54.9 Å². The van der Waals surface area contributed by atoms with Crippen molar-refractivity contribution < 1.29 is 4.74 Å². The summed E-state index contributed by atoms with van der Waals surface area (Å²) >= 11 is 3.78. The summed E-state index contributed by atoms with van der Waals surface area (Å²) in [6.45, 7) is 8.20. The number of aryl methyl sites for hydroxylation is 1. The van der Waals surface area contributed by atoms with Crippen LogP contribution in [0.15, 0.2) is 18.2 Å². The number of benzene rings is 1. The first kappa shape index (κ1) is 11.2. The van der Waals surface area contributed by atoms with Crippen molar-refractivity contribution in [3.05, 3.63) is 34.9 Å². The van der Waals surface area contributed by atoms with Crippen LogP contribution in [0.4, 0.5) is 0 Å². The molecule has 15 heavy (non-hydrogen) atoms. The minimum atomic E-state index is 0.0714. The van der Waals surface area contributed by atoms with Crippen molar-refractivity contribution in [2.24, 2.45) is 0 Å². The van der Waals surface area contributed by atoms with Crippen LogP contribution in [0.5, 0.6) is 0 Å². The Hall–Kier alpha value is -0.340. The molecule has 1 fully saturated rings. The van der Waals surface area contributed by atoms with Gasteiger partial charge in [0.2, 0.25) is 0 Å². The maximum atomic E-state index is 5.30. The Kier molecular flexibility index (Phi) is 2.91. The highest BCUT2D eigenvalue weighted by molar-refractivity contribution is 9.09. The second-order valence-corrected chi connectivity index (χ2v) is 6.21. The third kappa shape index (κ3) is 1.98. The van der Waals surface area contributed by atoms with Gasteiger partial charge in [-0.15, -0.1) is 0 Å². The van der Waals surface area contributed by atoms with Crippen LogP contribution in [-0.4, -0.2) is 13.2 Å². The zero-order valence-electron chi connectivity index (χ0n) is 9.51. The van der Waals surface area contributed by atoms with Crippen molar-refractivity contribution in [2.45, 2.75) is 31.0 Å². The predicted octanol–water partition coefficient (Wildman–Crippen LogP) is 3.74. The second kappa shape index (κ2) is 3.91. The van der Waals surface area contributed by atoms with Gasteiger partial charge in [0.25, 0.3) is 0 Å². The number of ether oxygens (including phenoxy) is 1. The van der Waals surface area contributed by atoms with Crippen LogP contribution in [-0.2, 0) is 9.06 Å². The topological polar surface area (TPSA) is 9.23 Å². The van der Waals surface area contributed by atoms with Crippen LogP contribution in [0.1, 0.15) is 36.5 Å². The summed E-state index contributed by atoms with van der Waals surface area (Å²) in [6.07, 6.45) is 0. The van der Waals surface area contributed by atoms with Crippen LogP contribution < -0.4 is 0 Å². The fraction of sp³-hybridized carbons (Fsp3) is 0.538. The molecule has 0 atom stereocenters. The predicted molar refractivity (Wildman–Crippen MR) is 66.7 cm³/mol. The highest BCUT2D eigenvalue weighted by Gasteiger charge is 2.38. The van der Waals surface area contributed by atoms with Gasteiger partial charge in [-0.3, -0.25) is 0 Å². The molecule has 0 amide bonds. The van der Waals surface area contributed by atoms with Crippen molar-refractivity contribution in [1.82, 2.24) is 0 Å². The van der Waals surface area contributed by atoms with Gasteiger partial charge in [0.1, 0.15) is 0 Å². The van der Waals surface area contributed by atoms with Gasteiger partial charge in [-0.2, -0.15) is 0 Å². The number of hydrogen-bond donors (Lipinski definition) is 0. The molecule has 2 rings (SSSR count). The summed E-state index contributed by atoms with van der Waals surface area (Å²) < 4.78 is 5.37. The fourth-order valence-corrected chi connectivity index (χ4v) is 2.67. The van der Waals surface area contributed by atoms with E-state index in [1.165, 1.54) is 16.7 Å². The highest BCUT2D eigenvalue weighted by atomic mass is 79.9. The number of hydrogen-bond acceptors (Lipinski definition) is 1. The first-order valence-corrected chi connectivity index (χ1v) is 6.20. The summed E-state index contributed by atoms with van der Waals surface area (Å²) in [5.41, 5.74) is 4.14. The monoisotopic (exact) mass is 268 g/mol. The SMILES string of the molecule is Cc1ccc(C(C)C)cc1C1(Br)COC1. The van der Waals surface area contributed by atoms with E-state index in [9.17, 15) is 0 Å². The second-order valence-electron chi connectivity index (χ2n) is 4.69. The molecule has 2 heteroatoms. The molecule has 0 N–H and O–H groups in total. The van der Waals surface area contributed by atoms with E-state index < -0.39 is 0 Å². The number of halogens is 1. The molecule has 0 bridgehead atoms. The van der Waals surface area contributed by atoms with Gasteiger partial charge in [0, 0.05) is 0 Å². The molecule has 0 spiro atoms. The number of rotatable bonds is 2. The van der Waals surface area contributed by atoms with Crippen molar-refractivity contribution >= 4 is 15.9 Å². The van der Waals surface area contributed by atoms with Crippen LogP contribution in [0.2, 0.25) is 0 Å². The average Bonchev–Trinajstić information content (AvgIpc) is 2.14. The molecule has 1 aliphatic heterocycles. The molecular formula is C13H17BrO. The van der Waals surface area contributed by atoms with Crippen LogP contribution >= 0.6 is 15.9 Å². The third-order valence-electron chi connectivity index (χ3n) is 3.07. The van der Waals surface area contributed by atoms with E-state index in [-0.39, 0.29) is 4.32 Å². The smallest absolute Gasteiger partial charge is 0.0974 e.